The van der Waals surface area contributed by atoms with Crippen molar-refractivity contribution in [3.05, 3.63) is 71.8 Å². The Bertz CT molecular complexity index is 863. The van der Waals surface area contributed by atoms with Crippen LogP contribution in [0.15, 0.2) is 60.7 Å². The van der Waals surface area contributed by atoms with Crippen LogP contribution in [0.25, 0.3) is 21.9 Å². The zero-order valence-electron chi connectivity index (χ0n) is 13.7. The first-order valence-corrected chi connectivity index (χ1v) is 7.86. The van der Waals surface area contributed by atoms with Gasteiger partial charge in [-0.2, -0.15) is 0 Å². The van der Waals surface area contributed by atoms with E-state index in [1.165, 1.54) is 0 Å². The number of aryl methyl sites for hydroxylation is 1. The largest absolute Gasteiger partial charge is 0.459 e. The molecule has 0 N–H and O–H groups in total. The first-order valence-electron chi connectivity index (χ1n) is 7.86. The predicted molar refractivity (Wildman–Crippen MR) is 94.7 cm³/mol. The molecule has 2 heteroatoms. The molecule has 0 fully saturated rings. The Morgan fingerprint density at radius 3 is 2.35 bits per heavy atom. The van der Waals surface area contributed by atoms with Gasteiger partial charge < -0.3 is 4.74 Å². The van der Waals surface area contributed by atoms with Crippen LogP contribution in [0.5, 0.6) is 0 Å². The van der Waals surface area contributed by atoms with Gasteiger partial charge in [-0.1, -0.05) is 54.6 Å². The molecule has 0 aliphatic carbocycles. The van der Waals surface area contributed by atoms with Gasteiger partial charge in [-0.05, 0) is 48.7 Å². The summed E-state index contributed by atoms with van der Waals surface area (Å²) in [4.78, 5) is 12.6. The van der Waals surface area contributed by atoms with Crippen LogP contribution in [0, 0.1) is 6.92 Å². The molecule has 0 aromatic heterocycles. The topological polar surface area (TPSA) is 26.3 Å². The lowest BCUT2D eigenvalue weighted by Gasteiger charge is -2.16. The van der Waals surface area contributed by atoms with E-state index in [0.717, 1.165) is 27.5 Å². The minimum Gasteiger partial charge on any atom is -0.459 e. The van der Waals surface area contributed by atoms with Crippen LogP contribution in [0.1, 0.15) is 29.8 Å². The van der Waals surface area contributed by atoms with Crippen molar-refractivity contribution < 1.29 is 9.53 Å². The third-order valence-electron chi connectivity index (χ3n) is 3.91. The highest BCUT2D eigenvalue weighted by Crippen LogP contribution is 2.34. The molecule has 0 saturated heterocycles. The van der Waals surface area contributed by atoms with Crippen LogP contribution in [-0.2, 0) is 4.74 Å². The maximum Gasteiger partial charge on any atom is 0.339 e. The fourth-order valence-electron chi connectivity index (χ4n) is 2.86. The van der Waals surface area contributed by atoms with Crippen LogP contribution in [0.3, 0.4) is 0 Å². The number of rotatable bonds is 3. The van der Waals surface area contributed by atoms with Gasteiger partial charge in [0.05, 0.1) is 11.7 Å². The van der Waals surface area contributed by atoms with Gasteiger partial charge in [0.25, 0.3) is 0 Å². The molecule has 0 spiro atoms. The van der Waals surface area contributed by atoms with Crippen molar-refractivity contribution in [1.29, 1.82) is 0 Å². The molecule has 0 atom stereocenters. The van der Waals surface area contributed by atoms with Gasteiger partial charge in [0.2, 0.25) is 0 Å². The average Bonchev–Trinajstić information content (AvgIpc) is 2.54. The Morgan fingerprint density at radius 2 is 1.61 bits per heavy atom. The monoisotopic (exact) mass is 304 g/mol. The molecule has 2 nitrogen and oxygen atoms in total. The van der Waals surface area contributed by atoms with Crippen molar-refractivity contribution in [2.75, 3.05) is 0 Å². The van der Waals surface area contributed by atoms with Gasteiger partial charge >= 0.3 is 5.97 Å². The smallest absolute Gasteiger partial charge is 0.339 e. The normalized spacial score (nSPS) is 11.0. The zero-order valence-corrected chi connectivity index (χ0v) is 13.7. The maximum atomic E-state index is 12.6. The Kier molecular flexibility index (Phi) is 4.16. The molecule has 3 aromatic carbocycles. The number of fused-ring (bicyclic) bond motifs is 1. The van der Waals surface area contributed by atoms with Crippen LogP contribution in [0.2, 0.25) is 0 Å². The minimum atomic E-state index is -0.274. The molecule has 0 bridgehead atoms. The molecular formula is C21H20O2. The molecule has 23 heavy (non-hydrogen) atoms. The molecule has 0 heterocycles. The number of ether oxygens (including phenoxy) is 1. The lowest BCUT2D eigenvalue weighted by atomic mass is 9.91. The molecular weight excluding hydrogens is 284 g/mol. The zero-order chi connectivity index (χ0) is 16.4. The Balaban J connectivity index is 2.31. The highest BCUT2D eigenvalue weighted by molar-refractivity contribution is 6.08. The van der Waals surface area contributed by atoms with Crippen molar-refractivity contribution >= 4 is 16.7 Å². The second-order valence-corrected chi connectivity index (χ2v) is 5.98. The van der Waals surface area contributed by atoms with E-state index in [4.69, 9.17) is 4.74 Å². The minimum absolute atomic E-state index is 0.140. The molecule has 0 unspecified atom stereocenters. The van der Waals surface area contributed by atoms with E-state index in [1.54, 1.807) is 0 Å². The van der Waals surface area contributed by atoms with Gasteiger partial charge in [-0.3, -0.25) is 0 Å². The highest BCUT2D eigenvalue weighted by Gasteiger charge is 2.19. The quantitative estimate of drug-likeness (QED) is 0.607. The summed E-state index contributed by atoms with van der Waals surface area (Å²) in [6.45, 7) is 5.80. The fraction of sp³-hybridized carbons (Fsp3) is 0.190. The number of hydrogen-bond donors (Lipinski definition) is 0. The van der Waals surface area contributed by atoms with E-state index >= 15 is 0 Å². The van der Waals surface area contributed by atoms with Crippen molar-refractivity contribution in [1.82, 2.24) is 0 Å². The Hall–Kier alpha value is -2.61. The summed E-state index contributed by atoms with van der Waals surface area (Å²) in [6.07, 6.45) is -0.140. The summed E-state index contributed by atoms with van der Waals surface area (Å²) in [7, 11) is 0. The second kappa shape index (κ2) is 6.25. The molecule has 0 saturated carbocycles. The summed E-state index contributed by atoms with van der Waals surface area (Å²) in [5.74, 6) is -0.274. The molecule has 0 radical (unpaired) electrons. The Labute approximate surface area is 136 Å². The molecule has 0 amide bonds. The van der Waals surface area contributed by atoms with E-state index in [0.29, 0.717) is 5.56 Å². The van der Waals surface area contributed by atoms with Gasteiger partial charge in [-0.15, -0.1) is 0 Å². The van der Waals surface area contributed by atoms with Crippen LogP contribution in [-0.4, -0.2) is 12.1 Å². The third kappa shape index (κ3) is 2.98. The SMILES string of the molecule is Cc1ccccc1-c1c(C(=O)OC(C)C)ccc2ccccc12. The van der Waals surface area contributed by atoms with Gasteiger partial charge in [0, 0.05) is 5.56 Å². The number of carbonyl (C=O) groups excluding carboxylic acids is 1. The molecule has 0 aliphatic rings. The second-order valence-electron chi connectivity index (χ2n) is 5.98. The summed E-state index contributed by atoms with van der Waals surface area (Å²) < 4.78 is 5.45. The van der Waals surface area contributed by atoms with E-state index in [9.17, 15) is 4.79 Å². The van der Waals surface area contributed by atoms with Crippen molar-refractivity contribution in [3.63, 3.8) is 0 Å². The van der Waals surface area contributed by atoms with E-state index in [1.807, 2.05) is 50.2 Å². The maximum absolute atomic E-state index is 12.6. The predicted octanol–water partition coefficient (Wildman–Crippen LogP) is 5.38. The summed E-state index contributed by atoms with van der Waals surface area (Å²) in [5, 5.41) is 2.19. The Morgan fingerprint density at radius 1 is 0.913 bits per heavy atom. The molecule has 3 aromatic rings. The van der Waals surface area contributed by atoms with E-state index < -0.39 is 0 Å². The van der Waals surface area contributed by atoms with Crippen molar-refractivity contribution in [2.24, 2.45) is 0 Å². The number of hydrogen-bond acceptors (Lipinski definition) is 2. The van der Waals surface area contributed by atoms with Crippen molar-refractivity contribution in [2.45, 2.75) is 26.9 Å². The third-order valence-corrected chi connectivity index (χ3v) is 3.91. The first kappa shape index (κ1) is 15.3. The summed E-state index contributed by atoms with van der Waals surface area (Å²) in [6, 6.07) is 20.1. The van der Waals surface area contributed by atoms with Crippen LogP contribution >= 0.6 is 0 Å². The van der Waals surface area contributed by atoms with Crippen molar-refractivity contribution in [3.8, 4) is 11.1 Å². The molecule has 0 aliphatic heterocycles. The standard InChI is InChI=1S/C21H20O2/c1-14(2)23-21(22)19-13-12-16-9-5-7-11-18(16)20(19)17-10-6-4-8-15(17)3/h4-14H,1-3H3. The summed E-state index contributed by atoms with van der Waals surface area (Å²) >= 11 is 0. The average molecular weight is 304 g/mol. The summed E-state index contributed by atoms with van der Waals surface area (Å²) in [5.41, 5.74) is 3.78. The van der Waals surface area contributed by atoms with Gasteiger partial charge in [-0.25, -0.2) is 4.79 Å². The van der Waals surface area contributed by atoms with Gasteiger partial charge in [0.1, 0.15) is 0 Å². The van der Waals surface area contributed by atoms with E-state index in [2.05, 4.69) is 31.2 Å². The lowest BCUT2D eigenvalue weighted by Crippen LogP contribution is -2.13. The van der Waals surface area contributed by atoms with Gasteiger partial charge in [0.15, 0.2) is 0 Å². The fourth-order valence-corrected chi connectivity index (χ4v) is 2.86. The van der Waals surface area contributed by atoms with E-state index in [-0.39, 0.29) is 12.1 Å². The van der Waals surface area contributed by atoms with Crippen LogP contribution < -0.4 is 0 Å². The first-order chi connectivity index (χ1) is 11.1. The molecule has 3 rings (SSSR count). The number of carbonyl (C=O) groups is 1. The number of benzene rings is 3. The highest BCUT2D eigenvalue weighted by atomic mass is 16.5. The lowest BCUT2D eigenvalue weighted by molar-refractivity contribution is 0.0379. The van der Waals surface area contributed by atoms with Crippen LogP contribution in [0.4, 0.5) is 0 Å². The number of esters is 1. The molecule has 116 valence electrons.